The fourth-order valence-corrected chi connectivity index (χ4v) is 3.99. The van der Waals surface area contributed by atoms with E-state index in [1.54, 1.807) is 12.0 Å². The minimum atomic E-state index is 0.0717. The topological polar surface area (TPSA) is 54.8 Å². The number of amides is 2. The Bertz CT molecular complexity index is 632. The number of ether oxygens (including phenoxy) is 1. The van der Waals surface area contributed by atoms with Gasteiger partial charge in [-0.2, -0.15) is 0 Å². The van der Waals surface area contributed by atoms with Gasteiger partial charge in [-0.25, -0.2) is 0 Å². The van der Waals surface area contributed by atoms with Crippen LogP contribution in [-0.4, -0.2) is 59.0 Å². The molecular weight excluding hydrogens is 342 g/mol. The molecule has 0 aromatic carbocycles. The van der Waals surface area contributed by atoms with Crippen molar-refractivity contribution in [1.82, 2.24) is 14.4 Å². The lowest BCUT2D eigenvalue weighted by Crippen LogP contribution is -2.45. The Balaban J connectivity index is 1.65. The minimum Gasteiger partial charge on any atom is -0.385 e. The first-order valence-corrected chi connectivity index (χ1v) is 10.3. The number of carbonyl (C=O) groups is 2. The molecule has 0 N–H and O–H groups in total. The quantitative estimate of drug-likeness (QED) is 0.591. The largest absolute Gasteiger partial charge is 0.385 e. The maximum absolute atomic E-state index is 13.1. The van der Waals surface area contributed by atoms with Crippen molar-refractivity contribution in [2.45, 2.75) is 57.5 Å². The standard InChI is InChI=1S/C21H33N3O3/c1-22-12-5-9-19(22)15-24(18-10-11-18)20(25)16-23(13-6-14-27-2)21(26)17-7-3-4-8-17/h5,9,12,17-18H,3-4,6-8,10-11,13-16H2,1-2H3. The first-order chi connectivity index (χ1) is 13.1. The van der Waals surface area contributed by atoms with Crippen molar-refractivity contribution < 1.29 is 14.3 Å². The number of aromatic nitrogens is 1. The van der Waals surface area contributed by atoms with Gasteiger partial charge in [-0.05, 0) is 44.2 Å². The zero-order valence-electron chi connectivity index (χ0n) is 16.7. The summed E-state index contributed by atoms with van der Waals surface area (Å²) in [6.45, 7) is 2.02. The van der Waals surface area contributed by atoms with Crippen LogP contribution in [0.4, 0.5) is 0 Å². The molecule has 0 atom stereocenters. The van der Waals surface area contributed by atoms with E-state index in [1.165, 1.54) is 0 Å². The number of carbonyl (C=O) groups excluding carboxylic acids is 2. The van der Waals surface area contributed by atoms with Gasteiger partial charge in [0.25, 0.3) is 0 Å². The van der Waals surface area contributed by atoms with E-state index in [4.69, 9.17) is 4.74 Å². The summed E-state index contributed by atoms with van der Waals surface area (Å²) < 4.78 is 7.20. The van der Waals surface area contributed by atoms with Crippen molar-refractivity contribution >= 4 is 11.8 Å². The van der Waals surface area contributed by atoms with Crippen LogP contribution in [-0.2, 0) is 27.9 Å². The van der Waals surface area contributed by atoms with E-state index in [0.717, 1.165) is 50.6 Å². The predicted octanol–water partition coefficient (Wildman–Crippen LogP) is 2.57. The van der Waals surface area contributed by atoms with Crippen LogP contribution >= 0.6 is 0 Å². The van der Waals surface area contributed by atoms with Gasteiger partial charge in [0.2, 0.25) is 11.8 Å². The van der Waals surface area contributed by atoms with E-state index in [-0.39, 0.29) is 24.3 Å². The molecule has 150 valence electrons. The Hall–Kier alpha value is -1.82. The molecule has 27 heavy (non-hydrogen) atoms. The van der Waals surface area contributed by atoms with E-state index >= 15 is 0 Å². The van der Waals surface area contributed by atoms with Gasteiger partial charge in [0.15, 0.2) is 0 Å². The Morgan fingerprint density at radius 1 is 1.22 bits per heavy atom. The summed E-state index contributed by atoms with van der Waals surface area (Å²) >= 11 is 0. The molecule has 2 saturated carbocycles. The van der Waals surface area contributed by atoms with Crippen molar-refractivity contribution in [3.05, 3.63) is 24.0 Å². The average molecular weight is 376 g/mol. The first kappa shape index (κ1) is 19.9. The van der Waals surface area contributed by atoms with Crippen molar-refractivity contribution in [2.24, 2.45) is 13.0 Å². The summed E-state index contributed by atoms with van der Waals surface area (Å²) in [7, 11) is 3.68. The molecule has 0 aliphatic heterocycles. The lowest BCUT2D eigenvalue weighted by molar-refractivity contribution is -0.143. The molecule has 0 unspecified atom stereocenters. The predicted molar refractivity (Wildman–Crippen MR) is 104 cm³/mol. The van der Waals surface area contributed by atoms with Crippen LogP contribution in [0.25, 0.3) is 0 Å². The Kier molecular flexibility index (Phi) is 6.94. The number of hydrogen-bond donors (Lipinski definition) is 0. The summed E-state index contributed by atoms with van der Waals surface area (Å²) in [5.74, 6) is 0.330. The van der Waals surface area contributed by atoms with E-state index in [9.17, 15) is 9.59 Å². The van der Waals surface area contributed by atoms with Gasteiger partial charge in [0.05, 0.1) is 13.1 Å². The van der Waals surface area contributed by atoms with Crippen molar-refractivity contribution in [3.8, 4) is 0 Å². The zero-order valence-corrected chi connectivity index (χ0v) is 16.7. The van der Waals surface area contributed by atoms with Crippen LogP contribution in [0, 0.1) is 5.92 Å². The maximum atomic E-state index is 13.1. The summed E-state index contributed by atoms with van der Waals surface area (Å²) in [6.07, 6.45) is 9.07. The molecule has 0 saturated heterocycles. The SMILES string of the molecule is COCCCN(CC(=O)N(Cc1cccn1C)C1CC1)C(=O)C1CCCC1. The summed E-state index contributed by atoms with van der Waals surface area (Å²) in [6, 6.07) is 4.39. The van der Waals surface area contributed by atoms with Gasteiger partial charge >= 0.3 is 0 Å². The van der Waals surface area contributed by atoms with Crippen LogP contribution < -0.4 is 0 Å². The van der Waals surface area contributed by atoms with E-state index in [0.29, 0.717) is 25.7 Å². The summed E-state index contributed by atoms with van der Waals surface area (Å²) in [5, 5.41) is 0. The summed E-state index contributed by atoms with van der Waals surface area (Å²) in [4.78, 5) is 29.8. The van der Waals surface area contributed by atoms with Gasteiger partial charge in [-0.1, -0.05) is 12.8 Å². The van der Waals surface area contributed by atoms with Gasteiger partial charge in [0, 0.05) is 51.2 Å². The molecule has 2 fully saturated rings. The highest BCUT2D eigenvalue weighted by Crippen LogP contribution is 2.30. The van der Waals surface area contributed by atoms with Crippen LogP contribution in [0.2, 0.25) is 0 Å². The molecule has 0 spiro atoms. The van der Waals surface area contributed by atoms with Gasteiger partial charge in [-0.3, -0.25) is 9.59 Å². The molecule has 0 radical (unpaired) electrons. The number of rotatable bonds is 10. The number of nitrogens with zero attached hydrogens (tertiary/aromatic N) is 3. The second kappa shape index (κ2) is 9.40. The molecule has 1 heterocycles. The molecule has 2 aliphatic rings. The smallest absolute Gasteiger partial charge is 0.242 e. The third-order valence-electron chi connectivity index (χ3n) is 5.81. The third-order valence-corrected chi connectivity index (χ3v) is 5.81. The number of hydrogen-bond acceptors (Lipinski definition) is 3. The van der Waals surface area contributed by atoms with Crippen molar-refractivity contribution in [2.75, 3.05) is 26.8 Å². The molecule has 2 amide bonds. The molecule has 0 bridgehead atoms. The second-order valence-corrected chi connectivity index (χ2v) is 7.95. The molecule has 6 nitrogen and oxygen atoms in total. The molecule has 1 aromatic rings. The lowest BCUT2D eigenvalue weighted by Gasteiger charge is -2.29. The van der Waals surface area contributed by atoms with Gasteiger partial charge in [0.1, 0.15) is 0 Å². The highest BCUT2D eigenvalue weighted by Gasteiger charge is 2.35. The highest BCUT2D eigenvalue weighted by atomic mass is 16.5. The Morgan fingerprint density at radius 2 is 1.96 bits per heavy atom. The molecule has 2 aliphatic carbocycles. The van der Waals surface area contributed by atoms with Gasteiger partial charge in [-0.15, -0.1) is 0 Å². The fourth-order valence-electron chi connectivity index (χ4n) is 3.99. The Morgan fingerprint density at radius 3 is 2.56 bits per heavy atom. The Labute approximate surface area is 162 Å². The second-order valence-electron chi connectivity index (χ2n) is 7.95. The first-order valence-electron chi connectivity index (χ1n) is 10.3. The van der Waals surface area contributed by atoms with Crippen LogP contribution in [0.1, 0.15) is 50.6 Å². The highest BCUT2D eigenvalue weighted by molar-refractivity contribution is 5.86. The van der Waals surface area contributed by atoms with Crippen LogP contribution in [0.3, 0.4) is 0 Å². The van der Waals surface area contributed by atoms with Crippen LogP contribution in [0.15, 0.2) is 18.3 Å². The van der Waals surface area contributed by atoms with E-state index in [1.807, 2.05) is 24.2 Å². The summed E-state index contributed by atoms with van der Waals surface area (Å²) in [5.41, 5.74) is 1.13. The van der Waals surface area contributed by atoms with Gasteiger partial charge < -0.3 is 19.1 Å². The molecule has 1 aromatic heterocycles. The number of aryl methyl sites for hydroxylation is 1. The molecule has 6 heteroatoms. The molecule has 3 rings (SSSR count). The van der Waals surface area contributed by atoms with Crippen LogP contribution in [0.5, 0.6) is 0 Å². The monoisotopic (exact) mass is 375 g/mol. The van der Waals surface area contributed by atoms with E-state index < -0.39 is 0 Å². The number of methoxy groups -OCH3 is 1. The lowest BCUT2D eigenvalue weighted by atomic mass is 10.1. The zero-order chi connectivity index (χ0) is 19.2. The minimum absolute atomic E-state index is 0.0717. The fraction of sp³-hybridized carbons (Fsp3) is 0.714. The normalized spacial score (nSPS) is 17.3. The molecular formula is C21H33N3O3. The maximum Gasteiger partial charge on any atom is 0.242 e. The van der Waals surface area contributed by atoms with E-state index in [2.05, 4.69) is 10.6 Å². The van der Waals surface area contributed by atoms with Crippen molar-refractivity contribution in [1.29, 1.82) is 0 Å². The van der Waals surface area contributed by atoms with Crippen molar-refractivity contribution in [3.63, 3.8) is 0 Å². The average Bonchev–Trinajstić information content (AvgIpc) is 3.18. The third kappa shape index (κ3) is 5.34.